The summed E-state index contributed by atoms with van der Waals surface area (Å²) in [5.74, 6) is 1.99. The maximum Gasteiger partial charge on any atom is 0.311 e. The molecule has 222 valence electrons. The van der Waals surface area contributed by atoms with Crippen LogP contribution >= 0.6 is 0 Å². The minimum absolute atomic E-state index is 0.0770. The molecule has 4 rings (SSSR count). The van der Waals surface area contributed by atoms with Gasteiger partial charge in [-0.2, -0.15) is 0 Å². The molecular formula is C36H54O4. The van der Waals surface area contributed by atoms with Gasteiger partial charge in [0.05, 0.1) is 0 Å². The SMILES string of the molecule is CCCCCCCCC=CCCCCCCCC(=O)Oc1cc2c(cc1O)[C@H]1CC[C@]3(C)C(=O)CC[C@H]3[C@@H]1CC2. The van der Waals surface area contributed by atoms with Gasteiger partial charge in [-0.3, -0.25) is 9.59 Å². The molecule has 2 fully saturated rings. The fraction of sp³-hybridized carbons (Fsp3) is 0.722. The zero-order valence-electron chi connectivity index (χ0n) is 25.4. The van der Waals surface area contributed by atoms with Crippen molar-refractivity contribution in [3.8, 4) is 11.5 Å². The molecule has 0 bridgehead atoms. The van der Waals surface area contributed by atoms with E-state index in [0.29, 0.717) is 35.7 Å². The van der Waals surface area contributed by atoms with Crippen LogP contribution in [0.5, 0.6) is 11.5 Å². The molecule has 0 radical (unpaired) electrons. The molecule has 0 amide bonds. The molecule has 40 heavy (non-hydrogen) atoms. The number of unbranched alkanes of at least 4 members (excludes halogenated alkanes) is 11. The first-order valence-electron chi connectivity index (χ1n) is 16.7. The number of hydrogen-bond acceptors (Lipinski definition) is 4. The number of ketones is 1. The summed E-state index contributed by atoms with van der Waals surface area (Å²) in [6, 6.07) is 3.77. The highest BCUT2D eigenvalue weighted by Crippen LogP contribution is 2.60. The van der Waals surface area contributed by atoms with Gasteiger partial charge in [-0.15, -0.1) is 0 Å². The van der Waals surface area contributed by atoms with Crippen LogP contribution < -0.4 is 4.74 Å². The predicted molar refractivity (Wildman–Crippen MR) is 163 cm³/mol. The number of aryl methyl sites for hydroxylation is 1. The molecular weight excluding hydrogens is 496 g/mol. The molecule has 2 saturated carbocycles. The van der Waals surface area contributed by atoms with Crippen molar-refractivity contribution in [3.63, 3.8) is 0 Å². The first kappa shape index (κ1) is 30.8. The lowest BCUT2D eigenvalue weighted by molar-refractivity contribution is -0.134. The fourth-order valence-electron chi connectivity index (χ4n) is 7.95. The minimum atomic E-state index is -0.250. The molecule has 0 spiro atoms. The van der Waals surface area contributed by atoms with E-state index in [1.165, 1.54) is 68.9 Å². The van der Waals surface area contributed by atoms with Gasteiger partial charge in [0.15, 0.2) is 11.5 Å². The number of benzene rings is 1. The van der Waals surface area contributed by atoms with E-state index < -0.39 is 0 Å². The van der Waals surface area contributed by atoms with Gasteiger partial charge in [0.25, 0.3) is 0 Å². The molecule has 3 aliphatic rings. The number of allylic oxidation sites excluding steroid dienone is 2. The smallest absolute Gasteiger partial charge is 0.311 e. The lowest BCUT2D eigenvalue weighted by Crippen LogP contribution is -2.42. The highest BCUT2D eigenvalue weighted by Gasteiger charge is 2.54. The van der Waals surface area contributed by atoms with E-state index in [1.54, 1.807) is 0 Å². The Morgan fingerprint density at radius 2 is 1.60 bits per heavy atom. The van der Waals surface area contributed by atoms with Crippen LogP contribution in [0, 0.1) is 17.3 Å². The minimum Gasteiger partial charge on any atom is -0.504 e. The van der Waals surface area contributed by atoms with Crippen molar-refractivity contribution < 1.29 is 19.4 Å². The summed E-state index contributed by atoms with van der Waals surface area (Å²) >= 11 is 0. The van der Waals surface area contributed by atoms with Gasteiger partial charge in [-0.1, -0.05) is 77.4 Å². The number of rotatable bonds is 16. The van der Waals surface area contributed by atoms with Gasteiger partial charge in [0.1, 0.15) is 5.78 Å². The number of Topliss-reactive ketones (excluding diaryl/α,β-unsaturated/α-hetero) is 1. The summed E-state index contributed by atoms with van der Waals surface area (Å²) in [5, 5.41) is 10.8. The zero-order chi connectivity index (χ0) is 28.4. The quantitative estimate of drug-likeness (QED) is 0.0963. The summed E-state index contributed by atoms with van der Waals surface area (Å²) in [4.78, 5) is 25.1. The number of aromatic hydroxyl groups is 1. The molecule has 4 nitrogen and oxygen atoms in total. The molecule has 4 atom stereocenters. The van der Waals surface area contributed by atoms with Gasteiger partial charge in [0.2, 0.25) is 0 Å². The van der Waals surface area contributed by atoms with Gasteiger partial charge in [-0.05, 0) is 105 Å². The largest absolute Gasteiger partial charge is 0.504 e. The molecule has 3 aliphatic carbocycles. The number of phenolic OH excluding ortho intramolecular Hbond substituents is 1. The number of carbonyl (C=O) groups is 2. The van der Waals surface area contributed by atoms with E-state index >= 15 is 0 Å². The van der Waals surface area contributed by atoms with Crippen LogP contribution in [0.25, 0.3) is 0 Å². The van der Waals surface area contributed by atoms with Crippen LogP contribution in [-0.4, -0.2) is 16.9 Å². The van der Waals surface area contributed by atoms with Crippen molar-refractivity contribution >= 4 is 11.8 Å². The Bertz CT molecular complexity index is 1010. The second kappa shape index (κ2) is 15.2. The van der Waals surface area contributed by atoms with E-state index in [0.717, 1.165) is 64.2 Å². The number of fused-ring (bicyclic) bond motifs is 5. The van der Waals surface area contributed by atoms with Crippen LogP contribution in [0.2, 0.25) is 0 Å². The standard InChI is InChI=1S/C36H54O4/c1-3-4-5-6-7-8-9-10-11-12-13-14-15-16-17-18-35(39)40-33-25-27-19-20-29-28(30(27)26-32(33)37)23-24-36(2)31(29)21-22-34(36)38/h10-11,25-26,28-29,31,37H,3-9,12-24H2,1-2H3/t28-,29+,31-,36-/m0/s1. The Morgan fingerprint density at radius 1 is 0.925 bits per heavy atom. The molecule has 4 heteroatoms. The topological polar surface area (TPSA) is 63.6 Å². The van der Waals surface area contributed by atoms with Gasteiger partial charge < -0.3 is 9.84 Å². The maximum atomic E-state index is 12.6. The van der Waals surface area contributed by atoms with E-state index in [2.05, 4.69) is 26.0 Å². The Labute approximate surface area is 243 Å². The third-order valence-electron chi connectivity index (χ3n) is 10.4. The number of phenols is 1. The normalized spacial score (nSPS) is 25.6. The monoisotopic (exact) mass is 550 g/mol. The summed E-state index contributed by atoms with van der Waals surface area (Å²) in [6.07, 6.45) is 26.8. The van der Waals surface area contributed by atoms with E-state index in [4.69, 9.17) is 4.74 Å². The van der Waals surface area contributed by atoms with Crippen molar-refractivity contribution in [3.05, 3.63) is 35.4 Å². The Kier molecular flexibility index (Phi) is 11.7. The van der Waals surface area contributed by atoms with Gasteiger partial charge in [0, 0.05) is 18.3 Å². The average Bonchev–Trinajstić information content (AvgIpc) is 3.25. The lowest BCUT2D eigenvalue weighted by Gasteiger charge is -2.48. The summed E-state index contributed by atoms with van der Waals surface area (Å²) in [6.45, 7) is 4.45. The first-order chi connectivity index (χ1) is 19.4. The van der Waals surface area contributed by atoms with Crippen molar-refractivity contribution in [1.82, 2.24) is 0 Å². The first-order valence-corrected chi connectivity index (χ1v) is 16.7. The Hall–Kier alpha value is -2.10. The molecule has 0 aromatic heterocycles. The van der Waals surface area contributed by atoms with Crippen molar-refractivity contribution in [2.45, 2.75) is 148 Å². The van der Waals surface area contributed by atoms with E-state index in [-0.39, 0.29) is 17.1 Å². The van der Waals surface area contributed by atoms with Crippen LogP contribution in [0.15, 0.2) is 24.3 Å². The van der Waals surface area contributed by atoms with Crippen LogP contribution in [0.4, 0.5) is 0 Å². The Balaban J connectivity index is 1.11. The molecule has 1 aromatic rings. The Morgan fingerprint density at radius 3 is 2.33 bits per heavy atom. The second-order valence-electron chi connectivity index (χ2n) is 13.2. The van der Waals surface area contributed by atoms with E-state index in [1.807, 2.05) is 12.1 Å². The highest BCUT2D eigenvalue weighted by molar-refractivity contribution is 5.87. The maximum absolute atomic E-state index is 12.6. The van der Waals surface area contributed by atoms with Crippen LogP contribution in [-0.2, 0) is 16.0 Å². The zero-order valence-corrected chi connectivity index (χ0v) is 25.4. The number of hydrogen-bond donors (Lipinski definition) is 1. The fourth-order valence-corrected chi connectivity index (χ4v) is 7.95. The summed E-state index contributed by atoms with van der Waals surface area (Å²) in [5.41, 5.74) is 2.28. The number of esters is 1. The van der Waals surface area contributed by atoms with Gasteiger partial charge in [-0.25, -0.2) is 0 Å². The second-order valence-corrected chi connectivity index (χ2v) is 13.2. The summed E-state index contributed by atoms with van der Waals surface area (Å²) < 4.78 is 5.62. The molecule has 0 heterocycles. The molecule has 1 aromatic carbocycles. The van der Waals surface area contributed by atoms with Crippen LogP contribution in [0.1, 0.15) is 153 Å². The molecule has 0 unspecified atom stereocenters. The van der Waals surface area contributed by atoms with Crippen molar-refractivity contribution in [1.29, 1.82) is 0 Å². The number of ether oxygens (including phenoxy) is 1. The van der Waals surface area contributed by atoms with Crippen molar-refractivity contribution in [2.75, 3.05) is 0 Å². The predicted octanol–water partition coefficient (Wildman–Crippen LogP) is 9.76. The van der Waals surface area contributed by atoms with E-state index in [9.17, 15) is 14.7 Å². The molecule has 0 aliphatic heterocycles. The number of carbonyl (C=O) groups excluding carboxylic acids is 2. The molecule has 1 N–H and O–H groups in total. The van der Waals surface area contributed by atoms with Gasteiger partial charge >= 0.3 is 5.97 Å². The van der Waals surface area contributed by atoms with Crippen molar-refractivity contribution in [2.24, 2.45) is 17.3 Å². The third-order valence-corrected chi connectivity index (χ3v) is 10.4. The third kappa shape index (κ3) is 7.79. The highest BCUT2D eigenvalue weighted by atomic mass is 16.5. The van der Waals surface area contributed by atoms with Crippen LogP contribution in [0.3, 0.4) is 0 Å². The lowest BCUT2D eigenvalue weighted by atomic mass is 9.55. The molecule has 0 saturated heterocycles. The summed E-state index contributed by atoms with van der Waals surface area (Å²) in [7, 11) is 0. The average molecular weight is 551 g/mol.